The Hall–Kier alpha value is -1.01. The van der Waals surface area contributed by atoms with E-state index in [-0.39, 0.29) is 0 Å². The van der Waals surface area contributed by atoms with Crippen LogP contribution in [-0.2, 0) is 17.8 Å². The van der Waals surface area contributed by atoms with Gasteiger partial charge in [0.1, 0.15) is 0 Å². The van der Waals surface area contributed by atoms with Crippen LogP contribution < -0.4 is 5.73 Å². The standard InChI is InChI=1S/C8H15N5O/c9-5-8-10-11-12-13(8)3-1-7-2-4-14-6-7/h7H,1-6,9H2. The van der Waals surface area contributed by atoms with Crippen LogP contribution in [0, 0.1) is 5.92 Å². The van der Waals surface area contributed by atoms with Crippen molar-refractivity contribution in [2.45, 2.75) is 25.9 Å². The number of aromatic nitrogens is 4. The third-order valence-corrected chi connectivity index (χ3v) is 2.56. The second-order valence-electron chi connectivity index (χ2n) is 3.54. The molecule has 1 fully saturated rings. The summed E-state index contributed by atoms with van der Waals surface area (Å²) in [5.74, 6) is 1.41. The number of nitrogens with zero attached hydrogens (tertiary/aromatic N) is 4. The molecule has 0 radical (unpaired) electrons. The van der Waals surface area contributed by atoms with E-state index >= 15 is 0 Å². The monoisotopic (exact) mass is 197 g/mol. The molecule has 1 aliphatic heterocycles. The van der Waals surface area contributed by atoms with Crippen molar-refractivity contribution in [3.05, 3.63) is 5.82 Å². The summed E-state index contributed by atoms with van der Waals surface area (Å²) in [6.07, 6.45) is 2.22. The average molecular weight is 197 g/mol. The first-order valence-electron chi connectivity index (χ1n) is 4.93. The van der Waals surface area contributed by atoms with Gasteiger partial charge in [0.05, 0.1) is 6.54 Å². The smallest absolute Gasteiger partial charge is 0.164 e. The van der Waals surface area contributed by atoms with Gasteiger partial charge in [-0.15, -0.1) is 5.10 Å². The van der Waals surface area contributed by atoms with E-state index < -0.39 is 0 Å². The third kappa shape index (κ3) is 2.08. The molecule has 2 rings (SSSR count). The van der Waals surface area contributed by atoms with Crippen molar-refractivity contribution >= 4 is 0 Å². The molecular weight excluding hydrogens is 182 g/mol. The van der Waals surface area contributed by atoms with Gasteiger partial charge in [0, 0.05) is 19.8 Å². The lowest BCUT2D eigenvalue weighted by molar-refractivity contribution is 0.183. The topological polar surface area (TPSA) is 78.9 Å². The molecule has 0 spiro atoms. The van der Waals surface area contributed by atoms with Gasteiger partial charge in [0.15, 0.2) is 5.82 Å². The summed E-state index contributed by atoms with van der Waals surface area (Å²) in [4.78, 5) is 0. The van der Waals surface area contributed by atoms with E-state index in [0.717, 1.165) is 38.4 Å². The molecule has 1 aliphatic rings. The van der Waals surface area contributed by atoms with Crippen molar-refractivity contribution in [1.82, 2.24) is 20.2 Å². The van der Waals surface area contributed by atoms with Crippen molar-refractivity contribution in [1.29, 1.82) is 0 Å². The number of nitrogens with two attached hydrogens (primary N) is 1. The average Bonchev–Trinajstić information content (AvgIpc) is 2.85. The van der Waals surface area contributed by atoms with Crippen molar-refractivity contribution in [3.8, 4) is 0 Å². The number of hydrogen-bond donors (Lipinski definition) is 1. The van der Waals surface area contributed by atoms with Crippen LogP contribution in [0.4, 0.5) is 0 Å². The molecule has 14 heavy (non-hydrogen) atoms. The largest absolute Gasteiger partial charge is 0.381 e. The first-order valence-corrected chi connectivity index (χ1v) is 4.93. The van der Waals surface area contributed by atoms with Gasteiger partial charge in [-0.2, -0.15) is 0 Å². The van der Waals surface area contributed by atoms with Gasteiger partial charge in [-0.3, -0.25) is 0 Å². The van der Waals surface area contributed by atoms with E-state index in [1.54, 1.807) is 4.68 Å². The van der Waals surface area contributed by atoms with Gasteiger partial charge in [0.2, 0.25) is 0 Å². The molecule has 2 N–H and O–H groups in total. The van der Waals surface area contributed by atoms with E-state index in [0.29, 0.717) is 12.5 Å². The Labute approximate surface area is 82.4 Å². The Bertz CT molecular complexity index is 281. The minimum atomic E-state index is 0.397. The SMILES string of the molecule is NCc1nnnn1CCC1CCOC1. The second kappa shape index (κ2) is 4.47. The van der Waals surface area contributed by atoms with E-state index in [2.05, 4.69) is 15.5 Å². The first kappa shape index (κ1) is 9.54. The molecule has 0 aliphatic carbocycles. The number of tetrazole rings is 1. The Morgan fingerprint density at radius 2 is 2.50 bits per heavy atom. The molecule has 1 aromatic rings. The summed E-state index contributed by atoms with van der Waals surface area (Å²) in [5, 5.41) is 11.3. The number of hydrogen-bond acceptors (Lipinski definition) is 5. The van der Waals surface area contributed by atoms with Crippen molar-refractivity contribution < 1.29 is 4.74 Å². The van der Waals surface area contributed by atoms with Gasteiger partial charge < -0.3 is 10.5 Å². The molecule has 0 saturated carbocycles. The fraction of sp³-hybridized carbons (Fsp3) is 0.875. The predicted molar refractivity (Wildman–Crippen MR) is 49.3 cm³/mol. The van der Waals surface area contributed by atoms with Crippen molar-refractivity contribution in [2.24, 2.45) is 11.7 Å². The van der Waals surface area contributed by atoms with Gasteiger partial charge in [-0.1, -0.05) is 0 Å². The summed E-state index contributed by atoms with van der Waals surface area (Å²) in [6, 6.07) is 0. The first-order chi connectivity index (χ1) is 6.90. The van der Waals surface area contributed by atoms with Crippen LogP contribution in [0.3, 0.4) is 0 Å². The van der Waals surface area contributed by atoms with Crippen LogP contribution in [-0.4, -0.2) is 33.4 Å². The van der Waals surface area contributed by atoms with Crippen LogP contribution in [0.5, 0.6) is 0 Å². The summed E-state index contributed by atoms with van der Waals surface area (Å²) >= 11 is 0. The quantitative estimate of drug-likeness (QED) is 0.707. The number of ether oxygens (including phenoxy) is 1. The second-order valence-corrected chi connectivity index (χ2v) is 3.54. The highest BCUT2D eigenvalue weighted by molar-refractivity contribution is 4.78. The fourth-order valence-electron chi connectivity index (χ4n) is 1.66. The van der Waals surface area contributed by atoms with Crippen LogP contribution >= 0.6 is 0 Å². The predicted octanol–water partition coefficient (Wildman–Crippen LogP) is -0.442. The van der Waals surface area contributed by atoms with Crippen LogP contribution in [0.15, 0.2) is 0 Å². The van der Waals surface area contributed by atoms with Crippen LogP contribution in [0.2, 0.25) is 0 Å². The highest BCUT2D eigenvalue weighted by Gasteiger charge is 2.16. The molecule has 0 bridgehead atoms. The number of rotatable bonds is 4. The molecule has 78 valence electrons. The zero-order valence-corrected chi connectivity index (χ0v) is 8.09. The molecular formula is C8H15N5O. The molecule has 6 heteroatoms. The molecule has 1 saturated heterocycles. The molecule has 2 heterocycles. The Morgan fingerprint density at radius 3 is 3.21 bits per heavy atom. The molecule has 0 amide bonds. The van der Waals surface area contributed by atoms with Gasteiger partial charge >= 0.3 is 0 Å². The fourth-order valence-corrected chi connectivity index (χ4v) is 1.66. The van der Waals surface area contributed by atoms with Gasteiger partial charge in [0.25, 0.3) is 0 Å². The lowest BCUT2D eigenvalue weighted by Crippen LogP contribution is -2.13. The molecule has 0 aromatic carbocycles. The van der Waals surface area contributed by atoms with E-state index in [1.807, 2.05) is 0 Å². The summed E-state index contributed by atoms with van der Waals surface area (Å²) in [7, 11) is 0. The maximum Gasteiger partial charge on any atom is 0.164 e. The minimum absolute atomic E-state index is 0.397. The maximum absolute atomic E-state index is 5.49. The molecule has 6 nitrogen and oxygen atoms in total. The van der Waals surface area contributed by atoms with E-state index in [1.165, 1.54) is 0 Å². The van der Waals surface area contributed by atoms with Crippen LogP contribution in [0.1, 0.15) is 18.7 Å². The Morgan fingerprint density at radius 1 is 1.57 bits per heavy atom. The summed E-state index contributed by atoms with van der Waals surface area (Å²) < 4.78 is 7.07. The zero-order chi connectivity index (χ0) is 9.80. The minimum Gasteiger partial charge on any atom is -0.381 e. The Balaban J connectivity index is 1.84. The summed E-state index contributed by atoms with van der Waals surface area (Å²) in [5.41, 5.74) is 5.49. The van der Waals surface area contributed by atoms with Gasteiger partial charge in [-0.25, -0.2) is 4.68 Å². The molecule has 1 aromatic heterocycles. The molecule has 1 unspecified atom stereocenters. The van der Waals surface area contributed by atoms with Gasteiger partial charge in [-0.05, 0) is 29.2 Å². The normalized spacial score (nSPS) is 21.6. The highest BCUT2D eigenvalue weighted by Crippen LogP contribution is 2.16. The molecule has 1 atom stereocenters. The van der Waals surface area contributed by atoms with Crippen molar-refractivity contribution in [3.63, 3.8) is 0 Å². The summed E-state index contributed by atoms with van der Waals surface area (Å²) in [6.45, 7) is 3.01. The zero-order valence-electron chi connectivity index (χ0n) is 8.09. The van der Waals surface area contributed by atoms with Crippen LogP contribution in [0.25, 0.3) is 0 Å². The lowest BCUT2D eigenvalue weighted by atomic mass is 10.1. The number of aryl methyl sites for hydroxylation is 1. The highest BCUT2D eigenvalue weighted by atomic mass is 16.5. The Kier molecular flexibility index (Phi) is 3.05. The van der Waals surface area contributed by atoms with E-state index in [9.17, 15) is 0 Å². The van der Waals surface area contributed by atoms with Crippen molar-refractivity contribution in [2.75, 3.05) is 13.2 Å². The van der Waals surface area contributed by atoms with E-state index in [4.69, 9.17) is 10.5 Å². The lowest BCUT2D eigenvalue weighted by Gasteiger charge is -2.07. The maximum atomic E-state index is 5.49. The third-order valence-electron chi connectivity index (χ3n) is 2.56.